The topological polar surface area (TPSA) is 27.7 Å². The highest BCUT2D eigenvalue weighted by molar-refractivity contribution is 4.28. The second kappa shape index (κ2) is 5.03. The van der Waals surface area contributed by atoms with E-state index in [1.165, 1.54) is 7.11 Å². The fourth-order valence-corrected chi connectivity index (χ4v) is 0.212. The molecule has 0 amide bonds. The van der Waals surface area contributed by atoms with Gasteiger partial charge in [0.15, 0.2) is 6.79 Å². The van der Waals surface area contributed by atoms with Crippen molar-refractivity contribution in [2.24, 2.45) is 0 Å². The molecule has 0 rings (SSSR count). The molecule has 0 radical (unpaired) electrons. The van der Waals surface area contributed by atoms with Crippen LogP contribution in [-0.2, 0) is 14.5 Å². The molecule has 8 heavy (non-hydrogen) atoms. The maximum Gasteiger partial charge on any atom is 0.181 e. The monoisotopic (exact) mass is 120 g/mol. The summed E-state index contributed by atoms with van der Waals surface area (Å²) in [5.41, 5.74) is 0. The molecule has 0 saturated heterocycles. The quantitative estimate of drug-likeness (QED) is 0.239. The van der Waals surface area contributed by atoms with Crippen molar-refractivity contribution in [3.8, 4) is 0 Å². The minimum absolute atomic E-state index is 0.199. The van der Waals surface area contributed by atoms with Gasteiger partial charge in [-0.15, -0.1) is 0 Å². The minimum Gasteiger partial charge on any atom is -0.350 e. The first-order chi connectivity index (χ1) is 3.77. The summed E-state index contributed by atoms with van der Waals surface area (Å²) in [5, 5.41) is 0. The molecule has 0 N–H and O–H groups in total. The van der Waals surface area contributed by atoms with Crippen LogP contribution in [0.3, 0.4) is 0 Å². The van der Waals surface area contributed by atoms with Crippen LogP contribution in [0.1, 0.15) is 13.8 Å². The fraction of sp³-hybridized carbons (Fsp3) is 1.00. The average Bonchev–Trinajstić information content (AvgIpc) is 1.66. The summed E-state index contributed by atoms with van der Waals surface area (Å²) in [7, 11) is 1.45. The van der Waals surface area contributed by atoms with Crippen LogP contribution in [0.2, 0.25) is 0 Å². The summed E-state index contributed by atoms with van der Waals surface area (Å²) in [6, 6.07) is 0. The standard InChI is InChI=1S/C5H12O3/c1-5(2)7-4-8-6-3/h5H,4H2,1-3H3. The van der Waals surface area contributed by atoms with Crippen LogP contribution in [0.4, 0.5) is 0 Å². The number of rotatable bonds is 4. The van der Waals surface area contributed by atoms with E-state index in [1.54, 1.807) is 0 Å². The van der Waals surface area contributed by atoms with E-state index in [4.69, 9.17) is 4.74 Å². The summed E-state index contributed by atoms with van der Waals surface area (Å²) >= 11 is 0. The molecule has 0 bridgehead atoms. The van der Waals surface area contributed by atoms with E-state index in [9.17, 15) is 0 Å². The van der Waals surface area contributed by atoms with Crippen LogP contribution < -0.4 is 0 Å². The molecule has 0 aliphatic carbocycles. The zero-order valence-electron chi connectivity index (χ0n) is 5.51. The predicted octanol–water partition coefficient (Wildman–Crippen LogP) is 0.947. The zero-order valence-corrected chi connectivity index (χ0v) is 5.51. The van der Waals surface area contributed by atoms with Crippen molar-refractivity contribution < 1.29 is 14.5 Å². The van der Waals surface area contributed by atoms with E-state index in [-0.39, 0.29) is 12.9 Å². The molecule has 0 atom stereocenters. The lowest BCUT2D eigenvalue weighted by Crippen LogP contribution is -2.05. The van der Waals surface area contributed by atoms with Gasteiger partial charge in [0.25, 0.3) is 0 Å². The molecule has 0 aromatic carbocycles. The first-order valence-electron chi connectivity index (χ1n) is 2.54. The molecule has 0 aromatic rings. The van der Waals surface area contributed by atoms with Gasteiger partial charge in [-0.3, -0.25) is 0 Å². The molecule has 0 heterocycles. The number of ether oxygens (including phenoxy) is 1. The van der Waals surface area contributed by atoms with Crippen molar-refractivity contribution in [3.05, 3.63) is 0 Å². The van der Waals surface area contributed by atoms with Gasteiger partial charge in [-0.1, -0.05) is 0 Å². The fourth-order valence-electron chi connectivity index (χ4n) is 0.212. The van der Waals surface area contributed by atoms with E-state index in [0.717, 1.165) is 0 Å². The second-order valence-electron chi connectivity index (χ2n) is 1.62. The van der Waals surface area contributed by atoms with Gasteiger partial charge in [0, 0.05) is 0 Å². The van der Waals surface area contributed by atoms with Crippen molar-refractivity contribution in [3.63, 3.8) is 0 Å². The molecule has 0 aliphatic rings. The van der Waals surface area contributed by atoms with Gasteiger partial charge in [-0.05, 0) is 13.8 Å². The Labute approximate surface area is 49.5 Å². The van der Waals surface area contributed by atoms with Crippen molar-refractivity contribution in [1.82, 2.24) is 0 Å². The SMILES string of the molecule is COOCOC(C)C. The Balaban J connectivity index is 2.72. The van der Waals surface area contributed by atoms with Gasteiger partial charge in [-0.2, -0.15) is 0 Å². The molecule has 0 aromatic heterocycles. The van der Waals surface area contributed by atoms with Crippen molar-refractivity contribution >= 4 is 0 Å². The summed E-state index contributed by atoms with van der Waals surface area (Å²) in [6.07, 6.45) is 0.199. The minimum atomic E-state index is 0.199. The molecule has 0 fully saturated rings. The van der Waals surface area contributed by atoms with Gasteiger partial charge < -0.3 is 4.74 Å². The first kappa shape index (κ1) is 7.88. The Hall–Kier alpha value is -0.120. The van der Waals surface area contributed by atoms with Gasteiger partial charge in [0.05, 0.1) is 13.2 Å². The van der Waals surface area contributed by atoms with Gasteiger partial charge in [0.2, 0.25) is 0 Å². The lowest BCUT2D eigenvalue weighted by molar-refractivity contribution is -0.323. The Kier molecular flexibility index (Phi) is 4.95. The van der Waals surface area contributed by atoms with Gasteiger partial charge >= 0.3 is 0 Å². The molecule has 50 valence electrons. The predicted molar refractivity (Wildman–Crippen MR) is 29.2 cm³/mol. The summed E-state index contributed by atoms with van der Waals surface area (Å²) in [5.74, 6) is 0. The van der Waals surface area contributed by atoms with E-state index in [1.807, 2.05) is 13.8 Å². The molecular weight excluding hydrogens is 108 g/mol. The van der Waals surface area contributed by atoms with Crippen LogP contribution in [0.5, 0.6) is 0 Å². The van der Waals surface area contributed by atoms with Crippen LogP contribution >= 0.6 is 0 Å². The largest absolute Gasteiger partial charge is 0.350 e. The molecular formula is C5H12O3. The van der Waals surface area contributed by atoms with E-state index in [0.29, 0.717) is 0 Å². The average molecular weight is 120 g/mol. The Morgan fingerprint density at radius 3 is 2.38 bits per heavy atom. The van der Waals surface area contributed by atoms with Crippen molar-refractivity contribution in [2.75, 3.05) is 13.9 Å². The summed E-state index contributed by atoms with van der Waals surface area (Å²) in [6.45, 7) is 4.06. The molecule has 3 heteroatoms. The zero-order chi connectivity index (χ0) is 6.41. The Morgan fingerprint density at radius 1 is 1.38 bits per heavy atom. The normalized spacial score (nSPS) is 10.5. The highest BCUT2D eigenvalue weighted by atomic mass is 17.2. The summed E-state index contributed by atoms with van der Waals surface area (Å²) < 4.78 is 4.94. The third-order valence-electron chi connectivity index (χ3n) is 0.567. The lowest BCUT2D eigenvalue weighted by atomic mass is 10.5. The molecule has 0 aliphatic heterocycles. The van der Waals surface area contributed by atoms with Gasteiger partial charge in [0.1, 0.15) is 0 Å². The molecule has 0 spiro atoms. The molecule has 3 nitrogen and oxygen atoms in total. The molecule has 0 unspecified atom stereocenters. The first-order valence-corrected chi connectivity index (χ1v) is 2.54. The van der Waals surface area contributed by atoms with Crippen LogP contribution in [0, 0.1) is 0 Å². The third kappa shape index (κ3) is 5.88. The Bertz CT molecular complexity index is 44.9. The van der Waals surface area contributed by atoms with E-state index < -0.39 is 0 Å². The van der Waals surface area contributed by atoms with Crippen LogP contribution in [-0.4, -0.2) is 20.0 Å². The number of hydrogen-bond donors (Lipinski definition) is 0. The Morgan fingerprint density at radius 2 is 2.00 bits per heavy atom. The van der Waals surface area contributed by atoms with E-state index in [2.05, 4.69) is 9.78 Å². The maximum absolute atomic E-state index is 4.94. The third-order valence-corrected chi connectivity index (χ3v) is 0.567. The van der Waals surface area contributed by atoms with E-state index >= 15 is 0 Å². The van der Waals surface area contributed by atoms with Crippen LogP contribution in [0.25, 0.3) is 0 Å². The maximum atomic E-state index is 4.94. The van der Waals surface area contributed by atoms with Gasteiger partial charge in [-0.25, -0.2) is 9.78 Å². The smallest absolute Gasteiger partial charge is 0.181 e. The highest BCUT2D eigenvalue weighted by Gasteiger charge is 1.89. The van der Waals surface area contributed by atoms with Crippen LogP contribution in [0.15, 0.2) is 0 Å². The van der Waals surface area contributed by atoms with Crippen molar-refractivity contribution in [1.29, 1.82) is 0 Å². The van der Waals surface area contributed by atoms with Crippen molar-refractivity contribution in [2.45, 2.75) is 20.0 Å². The lowest BCUT2D eigenvalue weighted by Gasteiger charge is -2.04. The molecule has 0 saturated carbocycles. The highest BCUT2D eigenvalue weighted by Crippen LogP contribution is 1.86. The second-order valence-corrected chi connectivity index (χ2v) is 1.62. The summed E-state index contributed by atoms with van der Waals surface area (Å²) in [4.78, 5) is 8.69. The number of hydrogen-bond acceptors (Lipinski definition) is 3.